The molecule has 0 bridgehead atoms. The normalized spacial score (nSPS) is 26.4. The zero-order valence-electron chi connectivity index (χ0n) is 17.3. The molecule has 0 spiro atoms. The van der Waals surface area contributed by atoms with E-state index in [2.05, 4.69) is 0 Å². The van der Waals surface area contributed by atoms with Crippen molar-refractivity contribution in [3.8, 4) is 0 Å². The predicted octanol–water partition coefficient (Wildman–Crippen LogP) is 2.10. The molecule has 0 saturated carbocycles. The Morgan fingerprint density at radius 2 is 2.10 bits per heavy atom. The maximum absolute atomic E-state index is 13.4. The van der Waals surface area contributed by atoms with Gasteiger partial charge in [0.15, 0.2) is 0 Å². The van der Waals surface area contributed by atoms with Gasteiger partial charge in [-0.3, -0.25) is 14.4 Å². The molecule has 1 aromatic heterocycles. The standard InChI is InChI=1S/C22H28N2O6/c1-2-29-21(27)22-7-3-6-18(22)24(15-17-5-4-10-30-17)20(26)16(14-22)13-19(25)23-8-11-28-12-9-23/h4-6,10,16H,2-3,7-9,11-15H2,1H3/t16-,22+/m1/s1. The van der Waals surface area contributed by atoms with E-state index in [9.17, 15) is 14.4 Å². The second-order valence-electron chi connectivity index (χ2n) is 8.03. The van der Waals surface area contributed by atoms with Crippen LogP contribution in [-0.2, 0) is 30.4 Å². The topological polar surface area (TPSA) is 89.3 Å². The number of morpholine rings is 1. The van der Waals surface area contributed by atoms with Gasteiger partial charge < -0.3 is 23.7 Å². The Kier molecular flexibility index (Phi) is 5.94. The molecule has 30 heavy (non-hydrogen) atoms. The fourth-order valence-electron chi connectivity index (χ4n) is 4.79. The lowest BCUT2D eigenvalue weighted by Crippen LogP contribution is -2.52. The van der Waals surface area contributed by atoms with E-state index in [1.807, 2.05) is 6.08 Å². The van der Waals surface area contributed by atoms with Crippen LogP contribution < -0.4 is 0 Å². The van der Waals surface area contributed by atoms with Gasteiger partial charge in [-0.05, 0) is 38.3 Å². The molecule has 8 nitrogen and oxygen atoms in total. The summed E-state index contributed by atoms with van der Waals surface area (Å²) >= 11 is 0. The number of rotatable bonds is 6. The summed E-state index contributed by atoms with van der Waals surface area (Å²) in [4.78, 5) is 42.7. The Morgan fingerprint density at radius 1 is 1.30 bits per heavy atom. The summed E-state index contributed by atoms with van der Waals surface area (Å²) in [6.07, 6.45) is 5.19. The average molecular weight is 416 g/mol. The molecular weight excluding hydrogens is 388 g/mol. The van der Waals surface area contributed by atoms with Gasteiger partial charge in [0.1, 0.15) is 11.2 Å². The second kappa shape index (κ2) is 8.63. The third-order valence-corrected chi connectivity index (χ3v) is 6.25. The maximum atomic E-state index is 13.4. The van der Waals surface area contributed by atoms with E-state index in [0.717, 1.165) is 0 Å². The molecule has 0 unspecified atom stereocenters. The third-order valence-electron chi connectivity index (χ3n) is 6.25. The van der Waals surface area contributed by atoms with E-state index in [0.29, 0.717) is 57.0 Å². The van der Waals surface area contributed by atoms with Crippen LogP contribution in [0.5, 0.6) is 0 Å². The van der Waals surface area contributed by atoms with Crippen LogP contribution in [0.25, 0.3) is 0 Å². The molecule has 2 saturated heterocycles. The van der Waals surface area contributed by atoms with Gasteiger partial charge in [-0.2, -0.15) is 0 Å². The van der Waals surface area contributed by atoms with Crippen molar-refractivity contribution in [1.29, 1.82) is 0 Å². The van der Waals surface area contributed by atoms with Crippen LogP contribution >= 0.6 is 0 Å². The number of piperidine rings is 1. The van der Waals surface area contributed by atoms with Crippen molar-refractivity contribution in [3.05, 3.63) is 35.9 Å². The zero-order valence-corrected chi connectivity index (χ0v) is 17.3. The molecule has 3 heterocycles. The number of allylic oxidation sites excluding steroid dienone is 1. The highest BCUT2D eigenvalue weighted by molar-refractivity contribution is 5.92. The van der Waals surface area contributed by atoms with Crippen molar-refractivity contribution in [2.45, 2.75) is 39.2 Å². The second-order valence-corrected chi connectivity index (χ2v) is 8.03. The first-order chi connectivity index (χ1) is 14.5. The third kappa shape index (κ3) is 3.76. The quantitative estimate of drug-likeness (QED) is 0.660. The van der Waals surface area contributed by atoms with Gasteiger partial charge in [-0.15, -0.1) is 0 Å². The molecule has 2 atom stereocenters. The zero-order chi connectivity index (χ0) is 21.1. The molecule has 1 aliphatic carbocycles. The van der Waals surface area contributed by atoms with Gasteiger partial charge >= 0.3 is 5.97 Å². The predicted molar refractivity (Wildman–Crippen MR) is 106 cm³/mol. The summed E-state index contributed by atoms with van der Waals surface area (Å²) in [6.45, 7) is 4.37. The molecule has 4 rings (SSSR count). The highest BCUT2D eigenvalue weighted by atomic mass is 16.5. The number of hydrogen-bond donors (Lipinski definition) is 0. The molecular formula is C22H28N2O6. The van der Waals surface area contributed by atoms with E-state index in [1.54, 1.807) is 35.1 Å². The Hall–Kier alpha value is -2.61. The van der Waals surface area contributed by atoms with Gasteiger partial charge in [-0.25, -0.2) is 0 Å². The van der Waals surface area contributed by atoms with E-state index < -0.39 is 11.3 Å². The summed E-state index contributed by atoms with van der Waals surface area (Å²) in [5, 5.41) is 0. The highest BCUT2D eigenvalue weighted by Crippen LogP contribution is 2.51. The number of ether oxygens (including phenoxy) is 2. The lowest BCUT2D eigenvalue weighted by molar-refractivity contribution is -0.161. The molecule has 8 heteroatoms. The molecule has 1 aromatic rings. The van der Waals surface area contributed by atoms with Gasteiger partial charge in [0.25, 0.3) is 0 Å². The van der Waals surface area contributed by atoms with Gasteiger partial charge in [0.2, 0.25) is 11.8 Å². The van der Waals surface area contributed by atoms with E-state index >= 15 is 0 Å². The van der Waals surface area contributed by atoms with Crippen LogP contribution in [0, 0.1) is 11.3 Å². The lowest BCUT2D eigenvalue weighted by Gasteiger charge is -2.44. The average Bonchev–Trinajstić information content (AvgIpc) is 3.42. The van der Waals surface area contributed by atoms with Crippen molar-refractivity contribution in [2.75, 3.05) is 32.9 Å². The fraction of sp³-hybridized carbons (Fsp3) is 0.591. The minimum Gasteiger partial charge on any atom is -0.467 e. The van der Waals surface area contributed by atoms with Crippen molar-refractivity contribution in [1.82, 2.24) is 9.80 Å². The molecule has 0 radical (unpaired) electrons. The van der Waals surface area contributed by atoms with Crippen molar-refractivity contribution < 1.29 is 28.3 Å². The number of furan rings is 1. The number of nitrogens with zero attached hydrogens (tertiary/aromatic N) is 2. The van der Waals surface area contributed by atoms with Gasteiger partial charge in [0.05, 0.1) is 32.6 Å². The van der Waals surface area contributed by atoms with Crippen LogP contribution in [0.15, 0.2) is 34.6 Å². The smallest absolute Gasteiger partial charge is 0.318 e. The van der Waals surface area contributed by atoms with Crippen LogP contribution in [-0.4, -0.2) is 60.5 Å². The Bertz CT molecular complexity index is 827. The van der Waals surface area contributed by atoms with Crippen molar-refractivity contribution in [2.24, 2.45) is 11.3 Å². The van der Waals surface area contributed by atoms with Gasteiger partial charge in [0, 0.05) is 31.1 Å². The fourth-order valence-corrected chi connectivity index (χ4v) is 4.79. The minimum atomic E-state index is -0.882. The Balaban J connectivity index is 1.61. The number of esters is 1. The lowest BCUT2D eigenvalue weighted by atomic mass is 9.71. The molecule has 162 valence electrons. The van der Waals surface area contributed by atoms with Crippen molar-refractivity contribution >= 4 is 17.8 Å². The van der Waals surface area contributed by atoms with Crippen molar-refractivity contribution in [3.63, 3.8) is 0 Å². The number of hydrogen-bond acceptors (Lipinski definition) is 6. The molecule has 0 N–H and O–H groups in total. The maximum Gasteiger partial charge on any atom is 0.318 e. The number of carbonyl (C=O) groups excluding carboxylic acids is 3. The van der Waals surface area contributed by atoms with Crippen LogP contribution in [0.2, 0.25) is 0 Å². The van der Waals surface area contributed by atoms with Crippen LogP contribution in [0.3, 0.4) is 0 Å². The summed E-state index contributed by atoms with van der Waals surface area (Å²) in [5.74, 6) is -0.460. The first kappa shape index (κ1) is 20.7. The first-order valence-corrected chi connectivity index (χ1v) is 10.6. The first-order valence-electron chi connectivity index (χ1n) is 10.6. The molecule has 2 aliphatic heterocycles. The molecule has 2 fully saturated rings. The number of likely N-dealkylation sites (tertiary alicyclic amines) is 1. The Labute approximate surface area is 175 Å². The van der Waals surface area contributed by atoms with Crippen LogP contribution in [0.4, 0.5) is 0 Å². The van der Waals surface area contributed by atoms with E-state index in [1.165, 1.54) is 0 Å². The summed E-state index contributed by atoms with van der Waals surface area (Å²) in [7, 11) is 0. The molecule has 2 amide bonds. The summed E-state index contributed by atoms with van der Waals surface area (Å²) < 4.78 is 16.2. The number of amides is 2. The van der Waals surface area contributed by atoms with Crippen LogP contribution in [0.1, 0.15) is 38.4 Å². The summed E-state index contributed by atoms with van der Waals surface area (Å²) in [5.41, 5.74) is -0.190. The minimum absolute atomic E-state index is 0.0703. The summed E-state index contributed by atoms with van der Waals surface area (Å²) in [6, 6.07) is 3.57. The number of carbonyl (C=O) groups is 3. The number of fused-ring (bicyclic) bond motifs is 1. The highest BCUT2D eigenvalue weighted by Gasteiger charge is 2.55. The molecule has 3 aliphatic rings. The molecule has 0 aromatic carbocycles. The SMILES string of the molecule is CCOC(=O)[C@]12CCC=C1N(Cc1ccco1)C(=O)[C@H](CC(=O)N1CCOCC1)C2. The van der Waals surface area contributed by atoms with E-state index in [4.69, 9.17) is 13.9 Å². The largest absolute Gasteiger partial charge is 0.467 e. The Morgan fingerprint density at radius 3 is 2.80 bits per heavy atom. The van der Waals surface area contributed by atoms with Gasteiger partial charge in [-0.1, -0.05) is 6.08 Å². The van der Waals surface area contributed by atoms with E-state index in [-0.39, 0.29) is 37.4 Å². The monoisotopic (exact) mass is 416 g/mol.